The van der Waals surface area contributed by atoms with Crippen molar-refractivity contribution < 1.29 is 17.5 Å². The molecule has 0 aliphatic heterocycles. The highest BCUT2D eigenvalue weighted by molar-refractivity contribution is 7.92. The van der Waals surface area contributed by atoms with Gasteiger partial charge >= 0.3 is 0 Å². The number of alkyl halides is 1. The molecule has 0 aromatic heterocycles. The van der Waals surface area contributed by atoms with Crippen molar-refractivity contribution in [2.75, 3.05) is 13.8 Å². The lowest BCUT2D eigenvalue weighted by molar-refractivity contribution is 0.0721. The van der Waals surface area contributed by atoms with Gasteiger partial charge in [0.2, 0.25) is 0 Å². The van der Waals surface area contributed by atoms with Gasteiger partial charge in [0, 0.05) is 12.0 Å². The van der Waals surface area contributed by atoms with Crippen molar-refractivity contribution in [2.45, 2.75) is 36.1 Å². The minimum atomic E-state index is -3.36. The lowest BCUT2D eigenvalue weighted by atomic mass is 10.0. The van der Waals surface area contributed by atoms with E-state index in [1.807, 2.05) is 0 Å². The lowest BCUT2D eigenvalue weighted by Gasteiger charge is -2.20. The molecule has 116 valence electrons. The molecule has 0 unspecified atom stereocenters. The van der Waals surface area contributed by atoms with Gasteiger partial charge in [0.1, 0.15) is 6.67 Å². The van der Waals surface area contributed by atoms with Crippen molar-refractivity contribution in [3.05, 3.63) is 40.3 Å². The predicted molar refractivity (Wildman–Crippen MR) is 77.4 cm³/mol. The standard InChI is InChI=1S/C13H18FN3O3S/c1-9(2)21(18,19)11-6-4-10(5-7-11)13(20-3)12(8-14)16-17-15/h4-7,9,12-13H,8H2,1-3H3/t12-,13-/m1/s1. The molecule has 6 nitrogen and oxygen atoms in total. The second-order valence-electron chi connectivity index (χ2n) is 4.75. The van der Waals surface area contributed by atoms with Crippen LogP contribution in [0.15, 0.2) is 34.3 Å². The number of rotatable bonds is 7. The molecule has 0 saturated heterocycles. The number of hydrogen-bond donors (Lipinski definition) is 0. The monoisotopic (exact) mass is 315 g/mol. The average Bonchev–Trinajstić information content (AvgIpc) is 2.47. The summed E-state index contributed by atoms with van der Waals surface area (Å²) < 4.78 is 42.1. The predicted octanol–water partition coefficient (Wildman–Crippen LogP) is 3.20. The maximum absolute atomic E-state index is 12.9. The number of sulfone groups is 1. The zero-order valence-corrected chi connectivity index (χ0v) is 12.9. The molecule has 0 spiro atoms. The van der Waals surface area contributed by atoms with E-state index in [-0.39, 0.29) is 4.90 Å². The van der Waals surface area contributed by atoms with E-state index in [1.165, 1.54) is 19.2 Å². The molecule has 21 heavy (non-hydrogen) atoms. The summed E-state index contributed by atoms with van der Waals surface area (Å²) in [7, 11) is -1.98. The van der Waals surface area contributed by atoms with E-state index < -0.39 is 33.9 Å². The third-order valence-corrected chi connectivity index (χ3v) is 5.29. The topological polar surface area (TPSA) is 92.1 Å². The second-order valence-corrected chi connectivity index (χ2v) is 7.25. The Morgan fingerprint density at radius 3 is 2.29 bits per heavy atom. The largest absolute Gasteiger partial charge is 0.376 e. The van der Waals surface area contributed by atoms with E-state index in [9.17, 15) is 12.8 Å². The molecule has 0 fully saturated rings. The van der Waals surface area contributed by atoms with Crippen molar-refractivity contribution >= 4 is 9.84 Å². The van der Waals surface area contributed by atoms with Crippen LogP contribution in [0.1, 0.15) is 25.5 Å². The van der Waals surface area contributed by atoms with Crippen LogP contribution in [0.4, 0.5) is 4.39 Å². The second kappa shape index (κ2) is 7.40. The zero-order valence-electron chi connectivity index (χ0n) is 12.1. The molecular formula is C13H18FN3O3S. The Kier molecular flexibility index (Phi) is 6.14. The van der Waals surface area contributed by atoms with Gasteiger partial charge in [0.05, 0.1) is 22.3 Å². The van der Waals surface area contributed by atoms with Crippen LogP contribution < -0.4 is 0 Å². The van der Waals surface area contributed by atoms with Crippen LogP contribution in [0, 0.1) is 0 Å². The van der Waals surface area contributed by atoms with Gasteiger partial charge < -0.3 is 4.74 Å². The Morgan fingerprint density at radius 2 is 1.90 bits per heavy atom. The molecule has 0 heterocycles. The Balaban J connectivity index is 3.13. The first-order valence-corrected chi connectivity index (χ1v) is 7.90. The van der Waals surface area contributed by atoms with E-state index in [0.29, 0.717) is 5.56 Å². The molecule has 0 saturated carbocycles. The number of benzene rings is 1. The molecule has 1 aromatic carbocycles. The quantitative estimate of drug-likeness (QED) is 0.439. The molecule has 0 bridgehead atoms. The molecule has 0 N–H and O–H groups in total. The van der Waals surface area contributed by atoms with Crippen LogP contribution in [-0.4, -0.2) is 33.5 Å². The Morgan fingerprint density at radius 1 is 1.33 bits per heavy atom. The first-order chi connectivity index (χ1) is 9.88. The molecule has 1 rings (SSSR count). The van der Waals surface area contributed by atoms with Gasteiger partial charge in [-0.3, -0.25) is 4.39 Å². The van der Waals surface area contributed by atoms with Crippen LogP contribution in [0.25, 0.3) is 10.4 Å². The van der Waals surface area contributed by atoms with E-state index in [0.717, 1.165) is 0 Å². The summed E-state index contributed by atoms with van der Waals surface area (Å²) in [5.74, 6) is 0. The van der Waals surface area contributed by atoms with E-state index in [4.69, 9.17) is 10.3 Å². The smallest absolute Gasteiger partial charge is 0.180 e. The third-order valence-electron chi connectivity index (χ3n) is 3.12. The highest BCUT2D eigenvalue weighted by Crippen LogP contribution is 2.26. The highest BCUT2D eigenvalue weighted by atomic mass is 32.2. The van der Waals surface area contributed by atoms with Gasteiger partial charge in [-0.25, -0.2) is 8.42 Å². The highest BCUT2D eigenvalue weighted by Gasteiger charge is 2.24. The van der Waals surface area contributed by atoms with Gasteiger partial charge in [-0.05, 0) is 37.1 Å². The van der Waals surface area contributed by atoms with Gasteiger partial charge in [-0.2, -0.15) is 0 Å². The Hall–Kier alpha value is -1.63. The van der Waals surface area contributed by atoms with Crippen molar-refractivity contribution in [3.63, 3.8) is 0 Å². The van der Waals surface area contributed by atoms with Gasteiger partial charge in [-0.15, -0.1) is 0 Å². The van der Waals surface area contributed by atoms with Crippen molar-refractivity contribution in [1.29, 1.82) is 0 Å². The number of ether oxygens (including phenoxy) is 1. The van der Waals surface area contributed by atoms with E-state index in [2.05, 4.69) is 10.0 Å². The zero-order chi connectivity index (χ0) is 16.0. The number of azide groups is 1. The summed E-state index contributed by atoms with van der Waals surface area (Å²) in [6.07, 6.45) is -0.762. The summed E-state index contributed by atoms with van der Waals surface area (Å²) in [5.41, 5.74) is 8.98. The summed E-state index contributed by atoms with van der Waals surface area (Å²) in [6, 6.07) is 4.98. The van der Waals surface area contributed by atoms with Crippen molar-refractivity contribution in [1.82, 2.24) is 0 Å². The number of methoxy groups -OCH3 is 1. The first kappa shape index (κ1) is 17.4. The molecule has 0 amide bonds. The normalized spacial score (nSPS) is 14.5. The van der Waals surface area contributed by atoms with Crippen molar-refractivity contribution in [3.8, 4) is 0 Å². The number of nitrogens with zero attached hydrogens (tertiary/aromatic N) is 3. The van der Waals surface area contributed by atoms with E-state index >= 15 is 0 Å². The SMILES string of the molecule is CO[C@H](c1ccc(S(=O)(=O)C(C)C)cc1)[C@@H](CF)N=[N+]=[N-]. The van der Waals surface area contributed by atoms with Gasteiger partial charge in [0.25, 0.3) is 0 Å². The number of hydrogen-bond acceptors (Lipinski definition) is 4. The van der Waals surface area contributed by atoms with E-state index in [1.54, 1.807) is 26.0 Å². The maximum atomic E-state index is 12.9. The third kappa shape index (κ3) is 3.93. The lowest BCUT2D eigenvalue weighted by Crippen LogP contribution is -2.20. The van der Waals surface area contributed by atoms with Crippen LogP contribution in [0.5, 0.6) is 0 Å². The fraction of sp³-hybridized carbons (Fsp3) is 0.538. The van der Waals surface area contributed by atoms with Gasteiger partial charge in [-0.1, -0.05) is 17.2 Å². The molecule has 0 aliphatic rings. The van der Waals surface area contributed by atoms with Crippen LogP contribution in [0.3, 0.4) is 0 Å². The van der Waals surface area contributed by atoms with Gasteiger partial charge in [0.15, 0.2) is 9.84 Å². The van der Waals surface area contributed by atoms with Crippen LogP contribution in [-0.2, 0) is 14.6 Å². The van der Waals surface area contributed by atoms with Crippen molar-refractivity contribution in [2.24, 2.45) is 5.11 Å². The average molecular weight is 315 g/mol. The van der Waals surface area contributed by atoms with Crippen LogP contribution >= 0.6 is 0 Å². The molecule has 0 radical (unpaired) electrons. The minimum absolute atomic E-state index is 0.191. The minimum Gasteiger partial charge on any atom is -0.376 e. The Bertz CT molecular complexity index is 610. The number of halogens is 1. The molecule has 8 heteroatoms. The Labute approximate surface area is 123 Å². The fourth-order valence-corrected chi connectivity index (χ4v) is 2.93. The summed E-state index contributed by atoms with van der Waals surface area (Å²) in [4.78, 5) is 2.78. The van der Waals surface area contributed by atoms with Crippen LogP contribution in [0.2, 0.25) is 0 Å². The fourth-order valence-electron chi connectivity index (χ4n) is 1.87. The summed E-state index contributed by atoms with van der Waals surface area (Å²) in [5, 5.41) is 2.83. The molecule has 2 atom stereocenters. The summed E-state index contributed by atoms with van der Waals surface area (Å²) in [6.45, 7) is 2.33. The first-order valence-electron chi connectivity index (χ1n) is 6.35. The summed E-state index contributed by atoms with van der Waals surface area (Å²) >= 11 is 0. The molecular weight excluding hydrogens is 297 g/mol. The molecule has 1 aromatic rings. The molecule has 0 aliphatic carbocycles. The maximum Gasteiger partial charge on any atom is 0.180 e.